The monoisotopic (exact) mass is 243 g/mol. The number of rotatable bonds is 3. The van der Waals surface area contributed by atoms with Gasteiger partial charge in [0, 0.05) is 11.1 Å². The van der Waals surface area contributed by atoms with Crippen LogP contribution in [0.1, 0.15) is 22.3 Å². The van der Waals surface area contributed by atoms with Gasteiger partial charge in [0.25, 0.3) is 6.43 Å². The van der Waals surface area contributed by atoms with E-state index in [9.17, 15) is 13.6 Å². The number of nitrogens with two attached hydrogens (primary N) is 1. The van der Waals surface area contributed by atoms with E-state index in [2.05, 4.69) is 0 Å². The molecule has 6 heteroatoms. The number of hydrogen-bond acceptors (Lipinski definition) is 4. The van der Waals surface area contributed by atoms with Gasteiger partial charge in [-0.2, -0.15) is 0 Å². The molecule has 0 saturated carbocycles. The number of carbonyl (C=O) groups excluding carboxylic acids is 1. The van der Waals surface area contributed by atoms with Crippen LogP contribution >= 0.6 is 0 Å². The predicted octanol–water partition coefficient (Wildman–Crippen LogP) is 1.54. The number of benzene rings is 1. The lowest BCUT2D eigenvalue weighted by Gasteiger charge is -2.20. The van der Waals surface area contributed by atoms with Crippen LogP contribution in [0.25, 0.3) is 0 Å². The molecule has 2 N–H and O–H groups in total. The van der Waals surface area contributed by atoms with Crippen molar-refractivity contribution >= 4 is 5.78 Å². The van der Waals surface area contributed by atoms with Crippen LogP contribution in [0.5, 0.6) is 11.5 Å². The summed E-state index contributed by atoms with van der Waals surface area (Å²) in [5, 5.41) is 0. The van der Waals surface area contributed by atoms with Gasteiger partial charge in [-0.25, -0.2) is 8.78 Å². The van der Waals surface area contributed by atoms with Crippen LogP contribution < -0.4 is 15.2 Å². The SMILES string of the molecule is NCC(=O)c1cc2c(cc1C(F)F)OCCO2. The van der Waals surface area contributed by atoms with Crippen molar-refractivity contribution in [2.75, 3.05) is 19.8 Å². The normalized spacial score (nSPS) is 13.9. The lowest BCUT2D eigenvalue weighted by atomic mass is 10.0. The van der Waals surface area contributed by atoms with Crippen molar-refractivity contribution in [1.29, 1.82) is 0 Å². The van der Waals surface area contributed by atoms with Gasteiger partial charge in [0.05, 0.1) is 6.54 Å². The Balaban J connectivity index is 2.52. The molecule has 0 atom stereocenters. The van der Waals surface area contributed by atoms with Crippen molar-refractivity contribution in [1.82, 2.24) is 0 Å². The molecule has 0 fully saturated rings. The lowest BCUT2D eigenvalue weighted by Crippen LogP contribution is -2.19. The first-order chi connectivity index (χ1) is 8.13. The number of fused-ring (bicyclic) bond motifs is 1. The van der Waals surface area contributed by atoms with Gasteiger partial charge < -0.3 is 15.2 Å². The first kappa shape index (κ1) is 11.8. The highest BCUT2D eigenvalue weighted by Crippen LogP contribution is 2.36. The van der Waals surface area contributed by atoms with Crippen molar-refractivity contribution < 1.29 is 23.0 Å². The molecule has 1 aromatic carbocycles. The van der Waals surface area contributed by atoms with E-state index in [1.165, 1.54) is 6.07 Å². The van der Waals surface area contributed by atoms with Crippen LogP contribution in [0.4, 0.5) is 8.78 Å². The maximum absolute atomic E-state index is 12.8. The molecule has 1 aliphatic rings. The minimum Gasteiger partial charge on any atom is -0.486 e. The molecule has 0 saturated heterocycles. The highest BCUT2D eigenvalue weighted by Gasteiger charge is 2.23. The lowest BCUT2D eigenvalue weighted by molar-refractivity contribution is 0.0984. The van der Waals surface area contributed by atoms with Gasteiger partial charge in [-0.3, -0.25) is 4.79 Å². The standard InChI is InChI=1S/C11H11F2NO3/c12-11(13)7-4-10-9(16-1-2-17-10)3-6(7)8(15)5-14/h3-4,11H,1-2,5,14H2. The molecule has 4 nitrogen and oxygen atoms in total. The van der Waals surface area contributed by atoms with Gasteiger partial charge in [-0.1, -0.05) is 0 Å². The van der Waals surface area contributed by atoms with Crippen LogP contribution in [0.15, 0.2) is 12.1 Å². The fourth-order valence-corrected chi connectivity index (χ4v) is 1.64. The number of carbonyl (C=O) groups is 1. The fraction of sp³-hybridized carbons (Fsp3) is 0.364. The minimum absolute atomic E-state index is 0.105. The number of Topliss-reactive ketones (excluding diaryl/α,β-unsaturated/α-hetero) is 1. The van der Waals surface area contributed by atoms with Gasteiger partial charge in [-0.05, 0) is 12.1 Å². The first-order valence-electron chi connectivity index (χ1n) is 5.08. The van der Waals surface area contributed by atoms with E-state index in [1.54, 1.807) is 0 Å². The van der Waals surface area contributed by atoms with Gasteiger partial charge in [0.15, 0.2) is 17.3 Å². The zero-order valence-electron chi connectivity index (χ0n) is 8.91. The summed E-state index contributed by atoms with van der Waals surface area (Å²) >= 11 is 0. The number of ketones is 1. The van der Waals surface area contributed by atoms with Crippen molar-refractivity contribution in [3.8, 4) is 11.5 Å². The zero-order chi connectivity index (χ0) is 12.4. The van der Waals surface area contributed by atoms with Gasteiger partial charge in [0.2, 0.25) is 0 Å². The molecule has 92 valence electrons. The van der Waals surface area contributed by atoms with E-state index >= 15 is 0 Å². The average molecular weight is 243 g/mol. The summed E-state index contributed by atoms with van der Waals surface area (Å²) in [5.74, 6) is -0.00477. The highest BCUT2D eigenvalue weighted by atomic mass is 19.3. The molecular weight excluding hydrogens is 232 g/mol. The van der Waals surface area contributed by atoms with Crippen molar-refractivity contribution in [3.05, 3.63) is 23.3 Å². The molecule has 0 spiro atoms. The highest BCUT2D eigenvalue weighted by molar-refractivity contribution is 5.99. The van der Waals surface area contributed by atoms with Crippen LogP contribution in [-0.4, -0.2) is 25.5 Å². The van der Waals surface area contributed by atoms with Crippen molar-refractivity contribution in [2.24, 2.45) is 5.73 Å². The molecule has 1 aliphatic heterocycles. The van der Waals surface area contributed by atoms with Crippen molar-refractivity contribution in [2.45, 2.75) is 6.43 Å². The molecule has 2 rings (SSSR count). The number of ether oxygens (including phenoxy) is 2. The average Bonchev–Trinajstić information content (AvgIpc) is 2.36. The second kappa shape index (κ2) is 4.67. The first-order valence-corrected chi connectivity index (χ1v) is 5.08. The fourth-order valence-electron chi connectivity index (χ4n) is 1.64. The smallest absolute Gasteiger partial charge is 0.264 e. The third kappa shape index (κ3) is 2.21. The summed E-state index contributed by atoms with van der Waals surface area (Å²) in [7, 11) is 0. The largest absolute Gasteiger partial charge is 0.486 e. The summed E-state index contributed by atoms with van der Waals surface area (Å²) < 4.78 is 36.0. The van der Waals surface area contributed by atoms with Crippen molar-refractivity contribution in [3.63, 3.8) is 0 Å². The predicted molar refractivity (Wildman–Crippen MR) is 55.8 cm³/mol. The van der Waals surface area contributed by atoms with Crippen LogP contribution in [0.3, 0.4) is 0 Å². The van der Waals surface area contributed by atoms with Crippen LogP contribution in [0.2, 0.25) is 0 Å². The summed E-state index contributed by atoms with van der Waals surface area (Å²) in [4.78, 5) is 11.5. The van der Waals surface area contributed by atoms with Gasteiger partial charge in [0.1, 0.15) is 13.2 Å². The van der Waals surface area contributed by atoms with Crippen LogP contribution in [0, 0.1) is 0 Å². The Morgan fingerprint density at radius 1 is 1.29 bits per heavy atom. The third-order valence-corrected chi connectivity index (χ3v) is 2.44. The molecular formula is C11H11F2NO3. The van der Waals surface area contributed by atoms with E-state index in [1.807, 2.05) is 0 Å². The second-order valence-electron chi connectivity index (χ2n) is 3.51. The number of hydrogen-bond donors (Lipinski definition) is 1. The Hall–Kier alpha value is -1.69. The molecule has 1 aromatic rings. The zero-order valence-corrected chi connectivity index (χ0v) is 8.91. The topological polar surface area (TPSA) is 61.6 Å². The number of halogens is 2. The maximum atomic E-state index is 12.8. The van der Waals surface area contributed by atoms with Crippen LogP contribution in [-0.2, 0) is 0 Å². The summed E-state index contributed by atoms with van der Waals surface area (Å²) in [6.45, 7) is 0.316. The quantitative estimate of drug-likeness (QED) is 0.818. The summed E-state index contributed by atoms with van der Waals surface area (Å²) in [5.41, 5.74) is 4.71. The second-order valence-corrected chi connectivity index (χ2v) is 3.51. The molecule has 0 aromatic heterocycles. The van der Waals surface area contributed by atoms with E-state index in [-0.39, 0.29) is 23.4 Å². The van der Waals surface area contributed by atoms with Gasteiger partial charge in [-0.15, -0.1) is 0 Å². The van der Waals surface area contributed by atoms with E-state index in [0.717, 1.165) is 6.07 Å². The van der Waals surface area contributed by atoms with E-state index < -0.39 is 12.2 Å². The third-order valence-electron chi connectivity index (χ3n) is 2.44. The Kier molecular flexibility index (Phi) is 3.23. The van der Waals surface area contributed by atoms with Gasteiger partial charge >= 0.3 is 0 Å². The molecule has 0 unspecified atom stereocenters. The Bertz CT molecular complexity index is 449. The Labute approximate surface area is 96.3 Å². The van der Waals surface area contributed by atoms with E-state index in [0.29, 0.717) is 19.0 Å². The van der Waals surface area contributed by atoms with E-state index in [4.69, 9.17) is 15.2 Å². The Morgan fingerprint density at radius 2 is 1.88 bits per heavy atom. The summed E-state index contributed by atoms with van der Waals surface area (Å²) in [6, 6.07) is 2.41. The number of alkyl halides is 2. The molecule has 0 radical (unpaired) electrons. The molecule has 17 heavy (non-hydrogen) atoms. The molecule has 0 aliphatic carbocycles. The molecule has 0 amide bonds. The minimum atomic E-state index is -2.75. The molecule has 0 bridgehead atoms. The summed E-state index contributed by atoms with van der Waals surface area (Å²) in [6.07, 6.45) is -2.75. The molecule has 1 heterocycles. The Morgan fingerprint density at radius 3 is 2.41 bits per heavy atom. The maximum Gasteiger partial charge on any atom is 0.264 e.